The summed E-state index contributed by atoms with van der Waals surface area (Å²) in [6, 6.07) is 0. The number of hydrogen-bond acceptors (Lipinski definition) is 3. The Kier molecular flexibility index (Phi) is 4.02. The first-order valence-electron chi connectivity index (χ1n) is 3.25. The Hall–Kier alpha value is -0.780. The molecule has 5 heteroatoms. The zero-order valence-electron chi connectivity index (χ0n) is 7.20. The Labute approximate surface area is 71.4 Å². The number of aliphatic carboxylic acids is 1. The van der Waals surface area contributed by atoms with Gasteiger partial charge in [-0.05, 0) is 6.92 Å². The zero-order chi connectivity index (χ0) is 9.78. The maximum atomic E-state index is 11.1. The summed E-state index contributed by atoms with van der Waals surface area (Å²) in [4.78, 5) is 10.4. The van der Waals surface area contributed by atoms with Crippen molar-refractivity contribution in [1.29, 1.82) is 0 Å². The molecule has 0 aliphatic carbocycles. The van der Waals surface area contributed by atoms with Crippen molar-refractivity contribution in [3.05, 3.63) is 0 Å². The van der Waals surface area contributed by atoms with Crippen LogP contribution >= 0.6 is 7.37 Å². The summed E-state index contributed by atoms with van der Waals surface area (Å²) >= 11 is 0. The number of hydrogen-bond donors (Lipinski definition) is 1. The second-order valence-corrected chi connectivity index (χ2v) is 5.18. The van der Waals surface area contributed by atoms with Crippen LogP contribution in [0.25, 0.3) is 0 Å². The summed E-state index contributed by atoms with van der Waals surface area (Å²) < 4.78 is 15.8. The molecule has 0 aliphatic rings. The van der Waals surface area contributed by atoms with Gasteiger partial charge in [0.25, 0.3) is 0 Å². The second-order valence-electron chi connectivity index (χ2n) is 2.47. The molecule has 0 aromatic heterocycles. The van der Waals surface area contributed by atoms with Crippen molar-refractivity contribution in [2.24, 2.45) is 0 Å². The van der Waals surface area contributed by atoms with Gasteiger partial charge >= 0.3 is 5.97 Å². The van der Waals surface area contributed by atoms with E-state index in [4.69, 9.17) is 9.63 Å². The van der Waals surface area contributed by atoms with Gasteiger partial charge in [-0.15, -0.1) is 5.92 Å². The fourth-order valence-electron chi connectivity index (χ4n) is 0.518. The van der Waals surface area contributed by atoms with Crippen LogP contribution in [0.15, 0.2) is 0 Å². The highest BCUT2D eigenvalue weighted by molar-refractivity contribution is 7.57. The zero-order valence-corrected chi connectivity index (χ0v) is 8.09. The molecule has 1 atom stereocenters. The number of carbonyl (C=O) groups is 1. The third kappa shape index (κ3) is 4.95. The van der Waals surface area contributed by atoms with E-state index in [0.717, 1.165) is 0 Å². The van der Waals surface area contributed by atoms with Crippen LogP contribution in [0.3, 0.4) is 0 Å². The summed E-state index contributed by atoms with van der Waals surface area (Å²) in [5, 5.41) is 8.52. The summed E-state index contributed by atoms with van der Waals surface area (Å²) in [5.74, 6) is 3.47. The van der Waals surface area contributed by atoms with E-state index in [2.05, 4.69) is 11.8 Å². The first kappa shape index (κ1) is 11.2. The highest BCUT2D eigenvalue weighted by atomic mass is 31.2. The van der Waals surface area contributed by atoms with Gasteiger partial charge in [0.15, 0.2) is 7.37 Å². The van der Waals surface area contributed by atoms with Gasteiger partial charge in [-0.25, -0.2) is 4.79 Å². The highest BCUT2D eigenvalue weighted by Gasteiger charge is 2.21. The van der Waals surface area contributed by atoms with Crippen LogP contribution in [0.4, 0.5) is 0 Å². The van der Waals surface area contributed by atoms with E-state index in [1.54, 1.807) is 0 Å². The lowest BCUT2D eigenvalue weighted by Gasteiger charge is -2.10. The van der Waals surface area contributed by atoms with Gasteiger partial charge in [0.1, 0.15) is 0 Å². The van der Waals surface area contributed by atoms with E-state index < -0.39 is 19.4 Å². The van der Waals surface area contributed by atoms with Crippen molar-refractivity contribution < 1.29 is 19.0 Å². The molecule has 0 heterocycles. The van der Waals surface area contributed by atoms with Gasteiger partial charge in [0, 0.05) is 13.3 Å². The molecule has 1 unspecified atom stereocenters. The molecule has 0 spiro atoms. The van der Waals surface area contributed by atoms with Gasteiger partial charge in [-0.2, -0.15) is 0 Å². The SMILES string of the molecule is CC#CC(OP(C)(C)=O)C(=O)O. The molecule has 0 saturated heterocycles. The Morgan fingerprint density at radius 2 is 2.08 bits per heavy atom. The van der Waals surface area contributed by atoms with Gasteiger partial charge in [-0.1, -0.05) is 5.92 Å². The van der Waals surface area contributed by atoms with Gasteiger partial charge in [0.05, 0.1) is 0 Å². The average Bonchev–Trinajstić information content (AvgIpc) is 1.83. The maximum absolute atomic E-state index is 11.1. The predicted octanol–water partition coefficient (Wildman–Crippen LogP) is 1.02. The molecule has 4 nitrogen and oxygen atoms in total. The fraction of sp³-hybridized carbons (Fsp3) is 0.571. The van der Waals surface area contributed by atoms with E-state index >= 15 is 0 Å². The summed E-state index contributed by atoms with van der Waals surface area (Å²) in [7, 11) is -2.79. The molecule has 0 rings (SSSR count). The molecule has 1 N–H and O–H groups in total. The standard InChI is InChI=1S/C7H11O4P/c1-4-5-6(7(8)9)11-12(2,3)10/h6H,1-3H3,(H,8,9). The van der Waals surface area contributed by atoms with Crippen LogP contribution in [0.2, 0.25) is 0 Å². The molecule has 0 aliphatic heterocycles. The fourth-order valence-corrected chi connectivity index (χ4v) is 1.17. The predicted molar refractivity (Wildman–Crippen MR) is 45.4 cm³/mol. The lowest BCUT2D eigenvalue weighted by atomic mass is 10.4. The van der Waals surface area contributed by atoms with Crippen molar-refractivity contribution in [3.63, 3.8) is 0 Å². The quantitative estimate of drug-likeness (QED) is 0.533. The lowest BCUT2D eigenvalue weighted by molar-refractivity contribution is -0.142. The number of carboxylic acid groups (broad SMARTS) is 1. The molecular formula is C7H11O4P. The maximum Gasteiger partial charge on any atom is 0.345 e. The molecular weight excluding hydrogens is 179 g/mol. The number of carboxylic acids is 1. The minimum Gasteiger partial charge on any atom is -0.479 e. The van der Waals surface area contributed by atoms with E-state index in [1.807, 2.05) is 0 Å². The smallest absolute Gasteiger partial charge is 0.345 e. The Morgan fingerprint density at radius 1 is 1.58 bits per heavy atom. The van der Waals surface area contributed by atoms with Crippen LogP contribution in [0, 0.1) is 11.8 Å². The largest absolute Gasteiger partial charge is 0.479 e. The van der Waals surface area contributed by atoms with Crippen molar-refractivity contribution in [2.45, 2.75) is 13.0 Å². The molecule has 68 valence electrons. The highest BCUT2D eigenvalue weighted by Crippen LogP contribution is 2.38. The Morgan fingerprint density at radius 3 is 2.33 bits per heavy atom. The lowest BCUT2D eigenvalue weighted by Crippen LogP contribution is -2.20. The van der Waals surface area contributed by atoms with Crippen LogP contribution < -0.4 is 0 Å². The Bertz CT molecular complexity index is 267. The van der Waals surface area contributed by atoms with Crippen LogP contribution in [-0.4, -0.2) is 30.5 Å². The van der Waals surface area contributed by atoms with Crippen molar-refractivity contribution in [3.8, 4) is 11.8 Å². The van der Waals surface area contributed by atoms with Crippen LogP contribution in [0.5, 0.6) is 0 Å². The van der Waals surface area contributed by atoms with Crippen molar-refractivity contribution in [1.82, 2.24) is 0 Å². The molecule has 0 aromatic rings. The third-order valence-electron chi connectivity index (χ3n) is 0.859. The second kappa shape index (κ2) is 4.30. The Balaban J connectivity index is 4.42. The van der Waals surface area contributed by atoms with Crippen LogP contribution in [0.1, 0.15) is 6.92 Å². The first-order chi connectivity index (χ1) is 5.37. The summed E-state index contributed by atoms with van der Waals surface area (Å²) in [6.07, 6.45) is -1.28. The van der Waals surface area contributed by atoms with Gasteiger partial charge < -0.3 is 9.63 Å². The molecule has 0 saturated carbocycles. The topological polar surface area (TPSA) is 63.6 Å². The van der Waals surface area contributed by atoms with E-state index in [0.29, 0.717) is 0 Å². The third-order valence-corrected chi connectivity index (χ3v) is 1.58. The first-order valence-corrected chi connectivity index (χ1v) is 5.77. The minimum atomic E-state index is -2.79. The van der Waals surface area contributed by atoms with Crippen LogP contribution in [-0.2, 0) is 13.9 Å². The molecule has 12 heavy (non-hydrogen) atoms. The molecule has 0 bridgehead atoms. The number of rotatable bonds is 3. The van der Waals surface area contributed by atoms with Crippen molar-refractivity contribution in [2.75, 3.05) is 13.3 Å². The van der Waals surface area contributed by atoms with E-state index in [-0.39, 0.29) is 0 Å². The molecule has 0 radical (unpaired) electrons. The molecule has 0 amide bonds. The molecule has 0 fully saturated rings. The minimum absolute atomic E-state index is 1.21. The normalized spacial score (nSPS) is 12.9. The van der Waals surface area contributed by atoms with Crippen molar-refractivity contribution >= 4 is 13.3 Å². The average molecular weight is 190 g/mol. The van der Waals surface area contributed by atoms with Gasteiger partial charge in [0.2, 0.25) is 6.10 Å². The summed E-state index contributed by atoms with van der Waals surface area (Å²) in [5.41, 5.74) is 0. The van der Waals surface area contributed by atoms with Gasteiger partial charge in [-0.3, -0.25) is 4.57 Å². The van der Waals surface area contributed by atoms with E-state index in [9.17, 15) is 9.36 Å². The summed E-state index contributed by atoms with van der Waals surface area (Å²) in [6.45, 7) is 4.19. The molecule has 0 aromatic carbocycles. The van der Waals surface area contributed by atoms with E-state index in [1.165, 1.54) is 20.3 Å². The monoisotopic (exact) mass is 190 g/mol.